The number of hydrogen-bond donors (Lipinski definition) is 1. The summed E-state index contributed by atoms with van der Waals surface area (Å²) >= 11 is 0. The van der Waals surface area contributed by atoms with Crippen LogP contribution < -0.4 is 0 Å². The van der Waals surface area contributed by atoms with Crippen molar-refractivity contribution in [2.75, 3.05) is 0 Å². The van der Waals surface area contributed by atoms with Gasteiger partial charge in [-0.05, 0) is 12.8 Å². The van der Waals surface area contributed by atoms with Crippen LogP contribution in [0.4, 0.5) is 0 Å². The average Bonchev–Trinajstić information content (AvgIpc) is 1.83. The summed E-state index contributed by atoms with van der Waals surface area (Å²) in [6.07, 6.45) is 4.24. The lowest BCUT2D eigenvalue weighted by Gasteiger charge is -1.93. The molecule has 0 aliphatic carbocycles. The van der Waals surface area contributed by atoms with Gasteiger partial charge in [0, 0.05) is 0 Å². The Labute approximate surface area is 53.4 Å². The lowest BCUT2D eigenvalue weighted by molar-refractivity contribution is 0.608. The van der Waals surface area contributed by atoms with Crippen LogP contribution in [0.25, 0.3) is 0 Å². The number of rotatable bonds is 3. The maximum Gasteiger partial charge on any atom is 0.183 e. The van der Waals surface area contributed by atoms with Gasteiger partial charge in [0.2, 0.25) is 0 Å². The van der Waals surface area contributed by atoms with Gasteiger partial charge in [-0.3, -0.25) is 0 Å². The Morgan fingerprint density at radius 2 is 2.25 bits per heavy atom. The second kappa shape index (κ2) is 5.06. The fourth-order valence-corrected chi connectivity index (χ4v) is 1.25. The molecule has 1 N–H and O–H groups in total. The van der Waals surface area contributed by atoms with Crippen LogP contribution in [0.3, 0.4) is 0 Å². The molecule has 0 radical (unpaired) electrons. The van der Waals surface area contributed by atoms with Gasteiger partial charge in [-0.25, -0.2) is 0 Å². The van der Waals surface area contributed by atoms with Crippen LogP contribution in [-0.2, 0) is 0 Å². The molecule has 0 aromatic carbocycles. The molecule has 0 aliphatic rings. The van der Waals surface area contributed by atoms with Crippen molar-refractivity contribution < 1.29 is 4.80 Å². The molecular formula is C6H14OSi. The molecule has 0 rings (SSSR count). The van der Waals surface area contributed by atoms with Crippen LogP contribution in [-0.4, -0.2) is 14.6 Å². The zero-order valence-corrected chi connectivity index (χ0v) is 7.06. The Morgan fingerprint density at radius 1 is 1.62 bits per heavy atom. The Bertz CT molecular complexity index is 72.6. The molecule has 0 aromatic heterocycles. The fourth-order valence-electron chi connectivity index (χ4n) is 0.609. The Hall–Kier alpha value is -0.0831. The lowest BCUT2D eigenvalue weighted by Crippen LogP contribution is -1.91. The second-order valence-corrected chi connectivity index (χ2v) is 3.01. The Morgan fingerprint density at radius 3 is 2.38 bits per heavy atom. The van der Waals surface area contributed by atoms with E-state index in [0.717, 1.165) is 12.8 Å². The zero-order valence-electron chi connectivity index (χ0n) is 5.65. The van der Waals surface area contributed by atoms with E-state index in [1.54, 1.807) is 0 Å². The van der Waals surface area contributed by atoms with Crippen molar-refractivity contribution in [3.8, 4) is 0 Å². The van der Waals surface area contributed by atoms with Crippen molar-refractivity contribution in [1.82, 2.24) is 0 Å². The average molecular weight is 130 g/mol. The molecule has 0 aliphatic heterocycles. The number of hydrogen-bond acceptors (Lipinski definition) is 1. The third-order valence-corrected chi connectivity index (χ3v) is 2.34. The quantitative estimate of drug-likeness (QED) is 0.559. The normalized spacial score (nSPS) is 13.6. The summed E-state index contributed by atoms with van der Waals surface area (Å²) in [5, 5.41) is 1.28. The molecule has 0 amide bonds. The predicted octanol–water partition coefficient (Wildman–Crippen LogP) is 0.766. The molecule has 0 saturated heterocycles. The SMILES string of the molecule is CCC=C(CC)[SiH2]O. The molecule has 8 heavy (non-hydrogen) atoms. The van der Waals surface area contributed by atoms with Gasteiger partial charge in [-0.15, -0.1) is 0 Å². The minimum absolute atomic E-state index is 0.822. The van der Waals surface area contributed by atoms with E-state index in [-0.39, 0.29) is 0 Å². The third-order valence-electron chi connectivity index (χ3n) is 1.15. The van der Waals surface area contributed by atoms with E-state index in [2.05, 4.69) is 19.9 Å². The molecule has 0 aromatic rings. The van der Waals surface area contributed by atoms with Gasteiger partial charge in [0.15, 0.2) is 9.76 Å². The number of allylic oxidation sites excluding steroid dienone is 2. The van der Waals surface area contributed by atoms with Crippen molar-refractivity contribution >= 4 is 9.76 Å². The highest BCUT2D eigenvalue weighted by molar-refractivity contribution is 6.36. The first-order valence-electron chi connectivity index (χ1n) is 3.13. The van der Waals surface area contributed by atoms with Crippen LogP contribution in [0.2, 0.25) is 0 Å². The minimum Gasteiger partial charge on any atom is -0.434 e. The van der Waals surface area contributed by atoms with Gasteiger partial charge in [0.25, 0.3) is 0 Å². The summed E-state index contributed by atoms with van der Waals surface area (Å²) in [6, 6.07) is 0. The largest absolute Gasteiger partial charge is 0.434 e. The van der Waals surface area contributed by atoms with Crippen molar-refractivity contribution in [3.05, 3.63) is 11.3 Å². The predicted molar refractivity (Wildman–Crippen MR) is 39.4 cm³/mol. The van der Waals surface area contributed by atoms with Crippen molar-refractivity contribution in [2.24, 2.45) is 0 Å². The smallest absolute Gasteiger partial charge is 0.183 e. The highest BCUT2D eigenvalue weighted by Gasteiger charge is 1.87. The molecule has 2 heteroatoms. The molecule has 0 fully saturated rings. The molecule has 0 spiro atoms. The van der Waals surface area contributed by atoms with Crippen LogP contribution in [0.1, 0.15) is 26.7 Å². The van der Waals surface area contributed by atoms with Gasteiger partial charge in [0.05, 0.1) is 0 Å². The Balaban J connectivity index is 3.49. The first-order chi connectivity index (χ1) is 3.85. The third kappa shape index (κ3) is 2.99. The topological polar surface area (TPSA) is 20.2 Å². The van der Waals surface area contributed by atoms with Crippen LogP contribution in [0.15, 0.2) is 11.3 Å². The van der Waals surface area contributed by atoms with E-state index in [0.29, 0.717) is 0 Å². The summed E-state index contributed by atoms with van der Waals surface area (Å²) in [6.45, 7) is 4.18. The van der Waals surface area contributed by atoms with E-state index in [1.165, 1.54) is 5.20 Å². The monoisotopic (exact) mass is 130 g/mol. The second-order valence-electron chi connectivity index (χ2n) is 1.78. The standard InChI is InChI=1S/C6H14OSi/c1-3-5-6(4-2)8-7/h5,7H,3-4,8H2,1-2H3. The van der Waals surface area contributed by atoms with Crippen LogP contribution in [0.5, 0.6) is 0 Å². The zero-order chi connectivity index (χ0) is 6.41. The highest BCUT2D eigenvalue weighted by Crippen LogP contribution is 1.97. The maximum absolute atomic E-state index is 8.73. The molecule has 0 saturated carbocycles. The van der Waals surface area contributed by atoms with E-state index in [1.807, 2.05) is 0 Å². The summed E-state index contributed by atoms with van der Waals surface area (Å²) in [5.41, 5.74) is 0. The molecule has 1 nitrogen and oxygen atoms in total. The molecular weight excluding hydrogens is 116 g/mol. The van der Waals surface area contributed by atoms with E-state index >= 15 is 0 Å². The van der Waals surface area contributed by atoms with E-state index in [4.69, 9.17) is 4.80 Å². The first kappa shape index (κ1) is 7.92. The molecule has 0 heterocycles. The molecule has 0 unspecified atom stereocenters. The summed E-state index contributed by atoms with van der Waals surface area (Å²) in [4.78, 5) is 8.73. The van der Waals surface area contributed by atoms with Crippen molar-refractivity contribution in [1.29, 1.82) is 0 Å². The molecule has 0 atom stereocenters. The van der Waals surface area contributed by atoms with Gasteiger partial charge in [0.1, 0.15) is 0 Å². The van der Waals surface area contributed by atoms with Gasteiger partial charge in [-0.2, -0.15) is 0 Å². The van der Waals surface area contributed by atoms with Gasteiger partial charge in [-0.1, -0.05) is 25.1 Å². The minimum atomic E-state index is -0.822. The van der Waals surface area contributed by atoms with Crippen LogP contribution in [0, 0.1) is 0 Å². The van der Waals surface area contributed by atoms with Gasteiger partial charge >= 0.3 is 0 Å². The molecule has 0 bridgehead atoms. The first-order valence-corrected chi connectivity index (χ1v) is 4.47. The molecule has 48 valence electrons. The van der Waals surface area contributed by atoms with Gasteiger partial charge < -0.3 is 4.80 Å². The van der Waals surface area contributed by atoms with Crippen molar-refractivity contribution in [2.45, 2.75) is 26.7 Å². The lowest BCUT2D eigenvalue weighted by atomic mass is 10.3. The highest BCUT2D eigenvalue weighted by atomic mass is 28.2. The summed E-state index contributed by atoms with van der Waals surface area (Å²) in [7, 11) is -0.822. The summed E-state index contributed by atoms with van der Waals surface area (Å²) < 4.78 is 0. The van der Waals surface area contributed by atoms with E-state index in [9.17, 15) is 0 Å². The maximum atomic E-state index is 8.73. The van der Waals surface area contributed by atoms with E-state index < -0.39 is 9.76 Å². The van der Waals surface area contributed by atoms with Crippen LogP contribution >= 0.6 is 0 Å². The summed E-state index contributed by atoms with van der Waals surface area (Å²) in [5.74, 6) is 0. The fraction of sp³-hybridized carbons (Fsp3) is 0.667. The van der Waals surface area contributed by atoms with Crippen molar-refractivity contribution in [3.63, 3.8) is 0 Å². The Kier molecular flexibility index (Phi) is 5.01.